The van der Waals surface area contributed by atoms with E-state index in [1.807, 2.05) is 6.07 Å². The summed E-state index contributed by atoms with van der Waals surface area (Å²) in [6.45, 7) is 0.454. The molecule has 1 aliphatic heterocycles. The molecule has 0 aromatic carbocycles. The van der Waals surface area contributed by atoms with Gasteiger partial charge in [0.2, 0.25) is 11.8 Å². The Morgan fingerprint density at radius 3 is 2.81 bits per heavy atom. The van der Waals surface area contributed by atoms with E-state index in [0.717, 1.165) is 25.1 Å². The molecular weight excluding hydrogens is 501 g/mol. The van der Waals surface area contributed by atoms with Gasteiger partial charge < -0.3 is 26.1 Å². The van der Waals surface area contributed by atoms with Crippen LogP contribution in [0, 0.1) is 28.5 Å². The molecule has 192 valence electrons. The third kappa shape index (κ3) is 5.54. The quantitative estimate of drug-likeness (QED) is 0.370. The second-order valence-corrected chi connectivity index (χ2v) is 9.48. The van der Waals surface area contributed by atoms with E-state index in [4.69, 9.17) is 32.7 Å². The van der Waals surface area contributed by atoms with Gasteiger partial charge in [0.05, 0.1) is 47.5 Å². The van der Waals surface area contributed by atoms with Gasteiger partial charge in [-0.1, -0.05) is 11.6 Å². The van der Waals surface area contributed by atoms with Crippen molar-refractivity contribution in [2.24, 2.45) is 11.7 Å². The predicted octanol–water partition coefficient (Wildman–Crippen LogP) is 2.45. The van der Waals surface area contributed by atoms with Gasteiger partial charge >= 0.3 is 0 Å². The number of halogens is 2. The van der Waals surface area contributed by atoms with Crippen molar-refractivity contribution in [1.82, 2.24) is 20.2 Å². The van der Waals surface area contributed by atoms with E-state index in [0.29, 0.717) is 35.7 Å². The molecule has 0 bridgehead atoms. The molecule has 12 heteroatoms. The number of nitriles is 1. The Morgan fingerprint density at radius 2 is 2.16 bits per heavy atom. The lowest BCUT2D eigenvalue weighted by molar-refractivity contribution is -0.137. The molecule has 2 aromatic rings. The van der Waals surface area contributed by atoms with Gasteiger partial charge in [-0.3, -0.25) is 14.6 Å². The largest absolute Gasteiger partial charge is 0.481 e. The number of carbonyl (C=O) groups excluding carboxylic acids is 2. The van der Waals surface area contributed by atoms with Gasteiger partial charge in [-0.2, -0.15) is 5.26 Å². The Balaban J connectivity index is 1.39. The average Bonchev–Trinajstić information content (AvgIpc) is 3.66. The van der Waals surface area contributed by atoms with Gasteiger partial charge in [-0.25, -0.2) is 9.37 Å². The van der Waals surface area contributed by atoms with Gasteiger partial charge in [0, 0.05) is 35.8 Å². The van der Waals surface area contributed by atoms with Crippen molar-refractivity contribution in [3.05, 3.63) is 64.0 Å². The highest BCUT2D eigenvalue weighted by atomic mass is 35.5. The van der Waals surface area contributed by atoms with Crippen LogP contribution in [-0.2, 0) is 16.1 Å². The number of aromatic nitrogens is 2. The van der Waals surface area contributed by atoms with Crippen LogP contribution in [0.2, 0.25) is 5.02 Å². The predicted molar refractivity (Wildman–Crippen MR) is 132 cm³/mol. The molecule has 4 N–H and O–H groups in total. The molecular formula is C25H25ClFN7O3. The summed E-state index contributed by atoms with van der Waals surface area (Å²) in [6.07, 6.45) is 5.87. The van der Waals surface area contributed by atoms with E-state index >= 15 is 0 Å². The van der Waals surface area contributed by atoms with Crippen molar-refractivity contribution in [2.45, 2.75) is 37.8 Å². The zero-order valence-corrected chi connectivity index (χ0v) is 20.8. The van der Waals surface area contributed by atoms with Crippen LogP contribution in [0.1, 0.15) is 42.5 Å². The fraction of sp³-hybridized carbons (Fsp3) is 0.360. The minimum atomic E-state index is -0.731. The average molecular weight is 526 g/mol. The van der Waals surface area contributed by atoms with Crippen LogP contribution in [0.4, 0.5) is 4.39 Å². The summed E-state index contributed by atoms with van der Waals surface area (Å²) in [5.41, 5.74) is 5.82. The van der Waals surface area contributed by atoms with Crippen molar-refractivity contribution >= 4 is 29.1 Å². The summed E-state index contributed by atoms with van der Waals surface area (Å²) >= 11 is 6.14. The molecule has 2 aliphatic rings. The second kappa shape index (κ2) is 10.5. The fourth-order valence-electron chi connectivity index (χ4n) is 4.51. The highest BCUT2D eigenvalue weighted by molar-refractivity contribution is 6.31. The lowest BCUT2D eigenvalue weighted by Gasteiger charge is -2.39. The van der Waals surface area contributed by atoms with E-state index in [-0.39, 0.29) is 41.2 Å². The normalized spacial score (nSPS) is 18.2. The molecule has 2 amide bonds. The summed E-state index contributed by atoms with van der Waals surface area (Å²) in [6, 6.07) is 4.72. The van der Waals surface area contributed by atoms with Crippen LogP contribution in [0.25, 0.3) is 0 Å². The molecule has 1 saturated heterocycles. The molecule has 0 radical (unpaired) electrons. The molecule has 2 aromatic heterocycles. The van der Waals surface area contributed by atoms with Gasteiger partial charge in [-0.05, 0) is 37.8 Å². The summed E-state index contributed by atoms with van der Waals surface area (Å²) < 4.78 is 19.1. The monoisotopic (exact) mass is 525 g/mol. The first-order valence-corrected chi connectivity index (χ1v) is 11.9. The number of likely N-dealkylation sites (tertiary alicyclic amines) is 1. The number of hydrogen-bond acceptors (Lipinski definition) is 8. The zero-order chi connectivity index (χ0) is 26.7. The molecule has 2 fully saturated rings. The fourth-order valence-corrected chi connectivity index (χ4v) is 4.75. The summed E-state index contributed by atoms with van der Waals surface area (Å²) in [5.74, 6) is -1.51. The molecule has 1 aliphatic carbocycles. The number of rotatable bonds is 7. The number of ether oxygens (including phenoxy) is 1. The number of nitrogens with zero attached hydrogens (tertiary/aromatic N) is 4. The third-order valence-corrected chi connectivity index (χ3v) is 7.02. The molecule has 4 rings (SSSR count). The van der Waals surface area contributed by atoms with Crippen molar-refractivity contribution < 1.29 is 18.7 Å². The Hall–Kier alpha value is -4.04. The maximum atomic E-state index is 14.2. The molecule has 1 spiro atoms. The van der Waals surface area contributed by atoms with Gasteiger partial charge in [0.25, 0.3) is 5.91 Å². The molecule has 1 atom stereocenters. The van der Waals surface area contributed by atoms with E-state index in [1.54, 1.807) is 4.90 Å². The van der Waals surface area contributed by atoms with Crippen molar-refractivity contribution in [1.29, 1.82) is 10.7 Å². The van der Waals surface area contributed by atoms with Crippen LogP contribution >= 0.6 is 11.6 Å². The maximum absolute atomic E-state index is 14.2. The SMILES string of the molecule is COc1cc(C(=N)/C=C(\N)C(=O)N2CCC(C(=O)NCc3ncc(C#N)cc3Cl)CC23CC3)c(F)cn1. The highest BCUT2D eigenvalue weighted by Crippen LogP contribution is 2.50. The lowest BCUT2D eigenvalue weighted by atomic mass is 9.88. The van der Waals surface area contributed by atoms with Gasteiger partial charge in [-0.15, -0.1) is 0 Å². The molecule has 3 heterocycles. The van der Waals surface area contributed by atoms with Gasteiger partial charge in [0.1, 0.15) is 6.07 Å². The van der Waals surface area contributed by atoms with Crippen molar-refractivity contribution in [3.63, 3.8) is 0 Å². The number of amides is 2. The molecule has 1 unspecified atom stereocenters. The first kappa shape index (κ1) is 26.0. The number of hydrogen-bond donors (Lipinski definition) is 3. The van der Waals surface area contributed by atoms with Crippen molar-refractivity contribution in [3.8, 4) is 11.9 Å². The number of allylic oxidation sites excluding steroid dienone is 1. The number of pyridine rings is 2. The Bertz CT molecular complexity index is 1340. The summed E-state index contributed by atoms with van der Waals surface area (Å²) in [7, 11) is 1.37. The first-order valence-electron chi connectivity index (χ1n) is 11.6. The molecule has 10 nitrogen and oxygen atoms in total. The Morgan fingerprint density at radius 1 is 1.41 bits per heavy atom. The number of nitrogens with two attached hydrogens (primary N) is 1. The first-order chi connectivity index (χ1) is 17.7. The lowest BCUT2D eigenvalue weighted by Crippen LogP contribution is -2.51. The number of methoxy groups -OCH3 is 1. The summed E-state index contributed by atoms with van der Waals surface area (Å²) in [4.78, 5) is 35.6. The standard InChI is InChI=1S/C25H25ClFN7O3/c1-37-22-7-16(18(27)12-32-22)19(29)8-20(30)24(36)34-5-2-15(9-25(34)3-4-25)23(35)33-13-21-17(26)6-14(10-28)11-31-21/h6-8,11-12,15,29H,2-5,9,13,30H2,1H3,(H,33,35)/b20-8-,29-19?. The topological polar surface area (TPSA) is 158 Å². The molecule has 37 heavy (non-hydrogen) atoms. The Kier molecular flexibility index (Phi) is 7.40. The Labute approximate surface area is 217 Å². The zero-order valence-electron chi connectivity index (χ0n) is 20.1. The number of piperidine rings is 1. The third-order valence-electron chi connectivity index (χ3n) is 6.70. The highest BCUT2D eigenvalue weighted by Gasteiger charge is 2.54. The smallest absolute Gasteiger partial charge is 0.270 e. The van der Waals surface area contributed by atoms with Crippen LogP contribution in [0.5, 0.6) is 5.88 Å². The van der Waals surface area contributed by atoms with E-state index in [1.165, 1.54) is 25.4 Å². The van der Waals surface area contributed by atoms with E-state index in [2.05, 4.69) is 15.3 Å². The van der Waals surface area contributed by atoms with Crippen LogP contribution < -0.4 is 15.8 Å². The second-order valence-electron chi connectivity index (χ2n) is 9.07. The minimum Gasteiger partial charge on any atom is -0.481 e. The van der Waals surface area contributed by atoms with Gasteiger partial charge in [0.15, 0.2) is 5.82 Å². The van der Waals surface area contributed by atoms with Crippen molar-refractivity contribution in [2.75, 3.05) is 13.7 Å². The number of carbonyl (C=O) groups is 2. The van der Waals surface area contributed by atoms with E-state index < -0.39 is 17.3 Å². The minimum absolute atomic E-state index is 0.0871. The maximum Gasteiger partial charge on any atom is 0.270 e. The van der Waals surface area contributed by atoms with E-state index in [9.17, 15) is 14.0 Å². The van der Waals surface area contributed by atoms with Crippen LogP contribution in [0.3, 0.4) is 0 Å². The van der Waals surface area contributed by atoms with Crippen LogP contribution in [0.15, 0.2) is 36.3 Å². The summed E-state index contributed by atoms with van der Waals surface area (Å²) in [5, 5.41) is 20.3. The molecule has 1 saturated carbocycles. The van der Waals surface area contributed by atoms with Crippen LogP contribution in [-0.4, -0.2) is 51.6 Å². The number of nitrogens with one attached hydrogen (secondary N) is 2.